The molecule has 164 valence electrons. The fourth-order valence-electron chi connectivity index (χ4n) is 3.52. The molecule has 0 radical (unpaired) electrons. The number of aryl methyl sites for hydroxylation is 4. The second kappa shape index (κ2) is 8.30. The van der Waals surface area contributed by atoms with E-state index in [0.29, 0.717) is 28.2 Å². The molecule has 4 rings (SSSR count). The topological polar surface area (TPSA) is 107 Å². The van der Waals surface area contributed by atoms with E-state index in [-0.39, 0.29) is 11.3 Å². The van der Waals surface area contributed by atoms with Gasteiger partial charge in [-0.25, -0.2) is 9.78 Å². The van der Waals surface area contributed by atoms with E-state index in [0.717, 1.165) is 16.9 Å². The van der Waals surface area contributed by atoms with E-state index in [9.17, 15) is 9.59 Å². The number of aromatic nitrogens is 2. The number of anilines is 1. The van der Waals surface area contributed by atoms with Crippen molar-refractivity contribution in [1.29, 1.82) is 0 Å². The molecule has 0 saturated carbocycles. The van der Waals surface area contributed by atoms with Gasteiger partial charge in [-0.1, -0.05) is 17.3 Å². The summed E-state index contributed by atoms with van der Waals surface area (Å²) in [5, 5.41) is 7.14. The van der Waals surface area contributed by atoms with Crippen molar-refractivity contribution in [2.24, 2.45) is 0 Å². The molecular formula is C24H23N3O5. The Bertz CT molecular complexity index is 1330. The molecule has 1 unspecified atom stereocenters. The second-order valence-corrected chi connectivity index (χ2v) is 7.74. The maximum atomic E-state index is 13.1. The van der Waals surface area contributed by atoms with E-state index < -0.39 is 18.0 Å². The number of hydrogen-bond donors (Lipinski definition) is 1. The Morgan fingerprint density at radius 1 is 1.09 bits per heavy atom. The summed E-state index contributed by atoms with van der Waals surface area (Å²) in [7, 11) is 0. The molecule has 3 heterocycles. The smallest absolute Gasteiger partial charge is 0.339 e. The lowest BCUT2D eigenvalue weighted by Gasteiger charge is -2.14. The number of hydrogen-bond acceptors (Lipinski definition) is 7. The van der Waals surface area contributed by atoms with Crippen LogP contribution in [0.4, 0.5) is 5.69 Å². The number of ether oxygens (including phenoxy) is 1. The highest BCUT2D eigenvalue weighted by Gasteiger charge is 2.25. The number of rotatable bonds is 5. The molecule has 1 atom stereocenters. The van der Waals surface area contributed by atoms with Crippen LogP contribution in [0.15, 0.2) is 45.3 Å². The van der Waals surface area contributed by atoms with Gasteiger partial charge < -0.3 is 19.0 Å². The van der Waals surface area contributed by atoms with Crippen molar-refractivity contribution in [3.63, 3.8) is 0 Å². The Morgan fingerprint density at radius 2 is 1.88 bits per heavy atom. The van der Waals surface area contributed by atoms with Gasteiger partial charge in [-0.2, -0.15) is 0 Å². The van der Waals surface area contributed by atoms with Gasteiger partial charge in [-0.3, -0.25) is 4.79 Å². The largest absolute Gasteiger partial charge is 0.466 e. The van der Waals surface area contributed by atoms with E-state index in [4.69, 9.17) is 13.7 Å². The van der Waals surface area contributed by atoms with E-state index in [1.807, 2.05) is 45.0 Å². The van der Waals surface area contributed by atoms with Crippen molar-refractivity contribution >= 4 is 28.7 Å². The molecule has 0 aliphatic heterocycles. The molecule has 0 bridgehead atoms. The molecule has 8 heteroatoms. The number of furan rings is 1. The summed E-state index contributed by atoms with van der Waals surface area (Å²) in [4.78, 5) is 30.1. The van der Waals surface area contributed by atoms with Crippen LogP contribution in [0.25, 0.3) is 22.4 Å². The molecular weight excluding hydrogens is 410 g/mol. The predicted octanol–water partition coefficient (Wildman–Crippen LogP) is 4.90. The van der Waals surface area contributed by atoms with Gasteiger partial charge in [-0.05, 0) is 64.4 Å². The lowest BCUT2D eigenvalue weighted by molar-refractivity contribution is -0.123. The van der Waals surface area contributed by atoms with Crippen molar-refractivity contribution in [1.82, 2.24) is 10.1 Å². The highest BCUT2D eigenvalue weighted by atomic mass is 16.5. The van der Waals surface area contributed by atoms with E-state index >= 15 is 0 Å². The van der Waals surface area contributed by atoms with Crippen LogP contribution in [0.1, 0.15) is 40.1 Å². The molecule has 1 amide bonds. The van der Waals surface area contributed by atoms with Gasteiger partial charge in [0.1, 0.15) is 11.5 Å². The van der Waals surface area contributed by atoms with E-state index in [1.54, 1.807) is 19.1 Å². The van der Waals surface area contributed by atoms with E-state index in [2.05, 4.69) is 15.5 Å². The highest BCUT2D eigenvalue weighted by Crippen LogP contribution is 2.31. The Morgan fingerprint density at radius 3 is 2.56 bits per heavy atom. The zero-order valence-electron chi connectivity index (χ0n) is 18.5. The second-order valence-electron chi connectivity index (χ2n) is 7.74. The van der Waals surface area contributed by atoms with Crippen molar-refractivity contribution in [3.05, 3.63) is 64.7 Å². The summed E-state index contributed by atoms with van der Waals surface area (Å²) in [5.41, 5.74) is 3.80. The number of pyridine rings is 1. The van der Waals surface area contributed by atoms with Crippen LogP contribution in [0.5, 0.6) is 0 Å². The SMILES string of the molecule is Cc1cccc(NC(=O)C(C)OC(=O)c2cc(-c3cc(C)oc3C)nc3onc(C)c23)c1. The number of fused-ring (bicyclic) bond motifs is 1. The van der Waals surface area contributed by atoms with Crippen LogP contribution in [-0.2, 0) is 9.53 Å². The van der Waals surface area contributed by atoms with Gasteiger partial charge in [0.25, 0.3) is 11.6 Å². The lowest BCUT2D eigenvalue weighted by Crippen LogP contribution is -2.30. The Hall–Kier alpha value is -3.94. The summed E-state index contributed by atoms with van der Waals surface area (Å²) in [6, 6.07) is 10.8. The third-order valence-electron chi connectivity index (χ3n) is 5.09. The average Bonchev–Trinajstić information content (AvgIpc) is 3.28. The summed E-state index contributed by atoms with van der Waals surface area (Å²) < 4.78 is 16.4. The lowest BCUT2D eigenvalue weighted by atomic mass is 10.1. The minimum absolute atomic E-state index is 0.210. The number of nitrogens with one attached hydrogen (secondary N) is 1. The van der Waals surface area contributed by atoms with Crippen molar-refractivity contribution in [2.45, 2.75) is 40.7 Å². The zero-order chi connectivity index (χ0) is 23.0. The minimum Gasteiger partial charge on any atom is -0.466 e. The molecule has 0 spiro atoms. The van der Waals surface area contributed by atoms with Crippen LogP contribution in [0.3, 0.4) is 0 Å². The molecule has 32 heavy (non-hydrogen) atoms. The maximum Gasteiger partial charge on any atom is 0.339 e. The van der Waals surface area contributed by atoms with Crippen LogP contribution in [0.2, 0.25) is 0 Å². The first-order valence-corrected chi connectivity index (χ1v) is 10.2. The normalized spacial score (nSPS) is 12.0. The standard InChI is InChI=1S/C24H23N3O5/c1-12-7-6-8-17(9-12)25-22(28)16(5)31-24(29)19-11-20(18-10-13(2)30-15(18)4)26-23-21(19)14(3)27-32-23/h6-11,16H,1-5H3,(H,25,28). The molecule has 0 aliphatic carbocycles. The number of nitrogens with zero attached hydrogens (tertiary/aromatic N) is 2. The van der Waals surface area contributed by atoms with Gasteiger partial charge in [0.05, 0.1) is 22.3 Å². The van der Waals surface area contributed by atoms with Crippen LogP contribution in [0, 0.1) is 27.7 Å². The molecule has 0 saturated heterocycles. The Labute approximate surface area is 184 Å². The monoisotopic (exact) mass is 433 g/mol. The molecule has 1 N–H and O–H groups in total. The first kappa shape index (κ1) is 21.3. The molecule has 8 nitrogen and oxygen atoms in total. The van der Waals surface area contributed by atoms with Gasteiger partial charge in [0, 0.05) is 11.3 Å². The minimum atomic E-state index is -1.02. The van der Waals surface area contributed by atoms with Crippen LogP contribution >= 0.6 is 0 Å². The van der Waals surface area contributed by atoms with Crippen molar-refractivity contribution in [3.8, 4) is 11.3 Å². The quantitative estimate of drug-likeness (QED) is 0.446. The number of amides is 1. The Kier molecular flexibility index (Phi) is 5.52. The predicted molar refractivity (Wildman–Crippen MR) is 118 cm³/mol. The summed E-state index contributed by atoms with van der Waals surface area (Å²) >= 11 is 0. The van der Waals surface area contributed by atoms with E-state index in [1.165, 1.54) is 6.92 Å². The van der Waals surface area contributed by atoms with Crippen LogP contribution < -0.4 is 5.32 Å². The first-order chi connectivity index (χ1) is 15.2. The zero-order valence-corrected chi connectivity index (χ0v) is 18.5. The molecule has 4 aromatic rings. The van der Waals surface area contributed by atoms with Gasteiger partial charge in [0.2, 0.25) is 0 Å². The number of carbonyl (C=O) groups is 2. The van der Waals surface area contributed by atoms with Gasteiger partial charge >= 0.3 is 5.97 Å². The molecule has 3 aromatic heterocycles. The maximum absolute atomic E-state index is 13.1. The van der Waals surface area contributed by atoms with Gasteiger partial charge in [-0.15, -0.1) is 0 Å². The van der Waals surface area contributed by atoms with Gasteiger partial charge in [0.15, 0.2) is 6.10 Å². The highest BCUT2D eigenvalue weighted by molar-refractivity contribution is 6.05. The average molecular weight is 433 g/mol. The number of benzene rings is 1. The third-order valence-corrected chi connectivity index (χ3v) is 5.09. The summed E-state index contributed by atoms with van der Waals surface area (Å²) in [6.45, 7) is 8.81. The first-order valence-electron chi connectivity index (χ1n) is 10.2. The summed E-state index contributed by atoms with van der Waals surface area (Å²) in [5.74, 6) is 0.280. The van der Waals surface area contributed by atoms with Crippen molar-refractivity contribution in [2.75, 3.05) is 5.32 Å². The molecule has 0 fully saturated rings. The Balaban J connectivity index is 1.63. The summed E-state index contributed by atoms with van der Waals surface area (Å²) in [6.07, 6.45) is -1.02. The van der Waals surface area contributed by atoms with Crippen molar-refractivity contribution < 1.29 is 23.3 Å². The number of carbonyl (C=O) groups excluding carboxylic acids is 2. The fourth-order valence-corrected chi connectivity index (χ4v) is 3.52. The van der Waals surface area contributed by atoms with Crippen LogP contribution in [-0.4, -0.2) is 28.1 Å². The molecule has 0 aliphatic rings. The molecule has 1 aromatic carbocycles. The third kappa shape index (κ3) is 4.12. The number of esters is 1. The fraction of sp³-hybridized carbons (Fsp3) is 0.250.